The van der Waals surface area contributed by atoms with Crippen LogP contribution >= 0.6 is 23.2 Å². The van der Waals surface area contributed by atoms with E-state index in [2.05, 4.69) is 15.3 Å². The summed E-state index contributed by atoms with van der Waals surface area (Å²) in [6.07, 6.45) is 0.886. The molecule has 0 aliphatic carbocycles. The van der Waals surface area contributed by atoms with Gasteiger partial charge >= 0.3 is 0 Å². The molecule has 0 aliphatic heterocycles. The Morgan fingerprint density at radius 1 is 1.08 bits per heavy atom. The highest BCUT2D eigenvalue weighted by atomic mass is 35.5. The number of carbonyl (C=O) groups excluding carboxylic acids is 1. The molecule has 1 amide bonds. The SMILES string of the molecule is O=C(Nc1ccccc1Cl)c1ccccc1Oc1nc(Cl)ncc1F. The van der Waals surface area contributed by atoms with Crippen molar-refractivity contribution in [3.8, 4) is 11.6 Å². The number of hydrogen-bond acceptors (Lipinski definition) is 4. The lowest BCUT2D eigenvalue weighted by Crippen LogP contribution is -2.13. The van der Waals surface area contributed by atoms with E-state index in [1.807, 2.05) is 0 Å². The quantitative estimate of drug-likeness (QED) is 0.652. The summed E-state index contributed by atoms with van der Waals surface area (Å²) in [5, 5.41) is 2.89. The first-order valence-corrected chi connectivity index (χ1v) is 7.81. The zero-order valence-electron chi connectivity index (χ0n) is 12.5. The molecule has 0 bridgehead atoms. The third-order valence-electron chi connectivity index (χ3n) is 3.14. The summed E-state index contributed by atoms with van der Waals surface area (Å²) >= 11 is 11.7. The summed E-state index contributed by atoms with van der Waals surface area (Å²) in [6, 6.07) is 13.1. The number of halogens is 3. The molecule has 0 atom stereocenters. The van der Waals surface area contributed by atoms with Crippen molar-refractivity contribution in [3.05, 3.63) is 76.4 Å². The lowest BCUT2D eigenvalue weighted by atomic mass is 10.2. The number of amides is 1. The molecule has 0 radical (unpaired) electrons. The van der Waals surface area contributed by atoms with Crippen LogP contribution in [0.4, 0.5) is 10.1 Å². The van der Waals surface area contributed by atoms with Gasteiger partial charge in [-0.3, -0.25) is 4.79 Å². The molecule has 8 heteroatoms. The van der Waals surface area contributed by atoms with E-state index in [4.69, 9.17) is 27.9 Å². The van der Waals surface area contributed by atoms with Crippen LogP contribution in [-0.4, -0.2) is 15.9 Å². The minimum absolute atomic E-state index is 0.112. The first-order valence-electron chi connectivity index (χ1n) is 7.05. The minimum atomic E-state index is -0.800. The van der Waals surface area contributed by atoms with Crippen LogP contribution in [0.15, 0.2) is 54.7 Å². The van der Waals surface area contributed by atoms with Gasteiger partial charge in [0.05, 0.1) is 22.5 Å². The largest absolute Gasteiger partial charge is 0.436 e. The van der Waals surface area contributed by atoms with Crippen molar-refractivity contribution in [1.82, 2.24) is 9.97 Å². The van der Waals surface area contributed by atoms with Gasteiger partial charge in [-0.25, -0.2) is 4.98 Å². The van der Waals surface area contributed by atoms with Gasteiger partial charge in [-0.05, 0) is 35.9 Å². The fraction of sp³-hybridized carbons (Fsp3) is 0. The molecular weight excluding hydrogens is 368 g/mol. The van der Waals surface area contributed by atoms with Crippen LogP contribution in [0.2, 0.25) is 10.3 Å². The average Bonchev–Trinajstić information content (AvgIpc) is 2.60. The number of benzene rings is 2. The molecule has 1 aromatic heterocycles. The van der Waals surface area contributed by atoms with Gasteiger partial charge in [0.25, 0.3) is 11.8 Å². The molecule has 25 heavy (non-hydrogen) atoms. The second-order valence-corrected chi connectivity index (χ2v) is 5.57. The summed E-state index contributed by atoms with van der Waals surface area (Å²) in [5.74, 6) is -1.53. The Morgan fingerprint density at radius 2 is 1.80 bits per heavy atom. The molecule has 1 N–H and O–H groups in total. The lowest BCUT2D eigenvalue weighted by Gasteiger charge is -2.12. The zero-order chi connectivity index (χ0) is 17.8. The predicted molar refractivity (Wildman–Crippen MR) is 92.9 cm³/mol. The van der Waals surface area contributed by atoms with Crippen molar-refractivity contribution in [1.29, 1.82) is 0 Å². The Bertz CT molecular complexity index is 937. The summed E-state index contributed by atoms with van der Waals surface area (Å²) < 4.78 is 19.2. The topological polar surface area (TPSA) is 64.1 Å². The van der Waals surface area contributed by atoms with Crippen LogP contribution in [0.1, 0.15) is 10.4 Å². The Hall–Kier alpha value is -2.70. The van der Waals surface area contributed by atoms with E-state index in [9.17, 15) is 9.18 Å². The fourth-order valence-electron chi connectivity index (χ4n) is 2.00. The second kappa shape index (κ2) is 7.46. The van der Waals surface area contributed by atoms with E-state index in [0.717, 1.165) is 6.20 Å². The van der Waals surface area contributed by atoms with Gasteiger partial charge in [0.15, 0.2) is 0 Å². The highest BCUT2D eigenvalue weighted by Crippen LogP contribution is 2.28. The first-order chi connectivity index (χ1) is 12.0. The van der Waals surface area contributed by atoms with Gasteiger partial charge in [-0.2, -0.15) is 9.37 Å². The summed E-state index contributed by atoms with van der Waals surface area (Å²) in [7, 11) is 0. The van der Waals surface area contributed by atoms with Gasteiger partial charge in [-0.15, -0.1) is 0 Å². The molecule has 0 spiro atoms. The fourth-order valence-corrected chi connectivity index (χ4v) is 2.31. The van der Waals surface area contributed by atoms with Crippen LogP contribution in [0, 0.1) is 5.82 Å². The molecule has 0 fully saturated rings. The maximum absolute atomic E-state index is 13.8. The Kier molecular flexibility index (Phi) is 5.11. The van der Waals surface area contributed by atoms with Crippen molar-refractivity contribution in [2.75, 3.05) is 5.32 Å². The highest BCUT2D eigenvalue weighted by Gasteiger charge is 2.16. The number of rotatable bonds is 4. The van der Waals surface area contributed by atoms with E-state index in [1.165, 1.54) is 12.1 Å². The number of ether oxygens (including phenoxy) is 1. The molecule has 5 nitrogen and oxygen atoms in total. The van der Waals surface area contributed by atoms with Crippen LogP contribution < -0.4 is 10.1 Å². The number of hydrogen-bond donors (Lipinski definition) is 1. The predicted octanol–water partition coefficient (Wildman–Crippen LogP) is 4.97. The number of para-hydroxylation sites is 2. The molecule has 2 aromatic carbocycles. The van der Waals surface area contributed by atoms with Crippen molar-refractivity contribution in [2.45, 2.75) is 0 Å². The Labute approximate surface area is 152 Å². The normalized spacial score (nSPS) is 10.4. The van der Waals surface area contributed by atoms with Gasteiger partial charge < -0.3 is 10.1 Å². The summed E-state index contributed by atoms with van der Waals surface area (Å²) in [6.45, 7) is 0. The first kappa shape index (κ1) is 17.1. The zero-order valence-corrected chi connectivity index (χ0v) is 14.1. The van der Waals surface area contributed by atoms with Crippen molar-refractivity contribution >= 4 is 34.8 Å². The van der Waals surface area contributed by atoms with E-state index in [-0.39, 0.29) is 22.5 Å². The van der Waals surface area contributed by atoms with Gasteiger partial charge in [0, 0.05) is 0 Å². The summed E-state index contributed by atoms with van der Waals surface area (Å²) in [4.78, 5) is 19.7. The van der Waals surface area contributed by atoms with Crippen LogP contribution in [0.25, 0.3) is 0 Å². The van der Waals surface area contributed by atoms with Crippen LogP contribution in [0.3, 0.4) is 0 Å². The third-order valence-corrected chi connectivity index (χ3v) is 3.65. The smallest absolute Gasteiger partial charge is 0.260 e. The average molecular weight is 378 g/mol. The van der Waals surface area contributed by atoms with E-state index < -0.39 is 11.7 Å². The molecule has 0 saturated carbocycles. The molecule has 1 heterocycles. The molecule has 0 unspecified atom stereocenters. The van der Waals surface area contributed by atoms with Crippen molar-refractivity contribution < 1.29 is 13.9 Å². The molecular formula is C17H10Cl2FN3O2. The van der Waals surface area contributed by atoms with Gasteiger partial charge in [-0.1, -0.05) is 35.9 Å². The van der Waals surface area contributed by atoms with E-state index >= 15 is 0 Å². The summed E-state index contributed by atoms with van der Waals surface area (Å²) in [5.41, 5.74) is 0.622. The molecule has 126 valence electrons. The maximum Gasteiger partial charge on any atom is 0.260 e. The van der Waals surface area contributed by atoms with Crippen molar-refractivity contribution in [2.24, 2.45) is 0 Å². The van der Waals surface area contributed by atoms with Gasteiger partial charge in [0.2, 0.25) is 11.1 Å². The minimum Gasteiger partial charge on any atom is -0.436 e. The number of carbonyl (C=O) groups is 1. The number of nitrogens with zero attached hydrogens (tertiary/aromatic N) is 2. The van der Waals surface area contributed by atoms with Crippen LogP contribution in [-0.2, 0) is 0 Å². The Balaban J connectivity index is 1.89. The number of nitrogens with one attached hydrogen (secondary N) is 1. The van der Waals surface area contributed by atoms with Crippen molar-refractivity contribution in [3.63, 3.8) is 0 Å². The van der Waals surface area contributed by atoms with Crippen LogP contribution in [0.5, 0.6) is 11.6 Å². The molecule has 3 aromatic rings. The lowest BCUT2D eigenvalue weighted by molar-refractivity contribution is 0.102. The standard InChI is InChI=1S/C17H10Cl2FN3O2/c18-11-6-2-3-7-13(11)22-15(24)10-5-1-4-8-14(10)25-16-12(20)9-21-17(19)23-16/h1-9H,(H,22,24). The third kappa shape index (κ3) is 4.04. The Morgan fingerprint density at radius 3 is 2.60 bits per heavy atom. The number of aromatic nitrogens is 2. The molecule has 3 rings (SSSR count). The highest BCUT2D eigenvalue weighted by molar-refractivity contribution is 6.34. The van der Waals surface area contributed by atoms with Gasteiger partial charge in [0.1, 0.15) is 5.75 Å². The monoisotopic (exact) mass is 377 g/mol. The molecule has 0 aliphatic rings. The van der Waals surface area contributed by atoms with E-state index in [0.29, 0.717) is 10.7 Å². The number of anilines is 1. The second-order valence-electron chi connectivity index (χ2n) is 4.82. The van der Waals surface area contributed by atoms with E-state index in [1.54, 1.807) is 36.4 Å². The maximum atomic E-state index is 13.8. The molecule has 0 saturated heterocycles.